The molecule has 114 valence electrons. The summed E-state index contributed by atoms with van der Waals surface area (Å²) >= 11 is 5.74. The molecule has 1 rings (SSSR count). The highest BCUT2D eigenvalue weighted by Gasteiger charge is 2.28. The molecule has 21 heavy (non-hydrogen) atoms. The summed E-state index contributed by atoms with van der Waals surface area (Å²) in [4.78, 5) is 34.5. The number of ether oxygens (including phenoxy) is 1. The van der Waals surface area contributed by atoms with E-state index >= 15 is 0 Å². The first-order chi connectivity index (χ1) is 9.72. The Morgan fingerprint density at radius 1 is 1.29 bits per heavy atom. The SMILES string of the molecule is CC(C)[C@H](OC(=O)c1ccc(Cl)cc1N)C(=O)NC(N)=O. The quantitative estimate of drug-likeness (QED) is 0.570. The van der Waals surface area contributed by atoms with E-state index in [9.17, 15) is 14.4 Å². The molecule has 5 N–H and O–H groups in total. The van der Waals surface area contributed by atoms with Gasteiger partial charge >= 0.3 is 12.0 Å². The monoisotopic (exact) mass is 313 g/mol. The zero-order valence-electron chi connectivity index (χ0n) is 11.6. The molecule has 0 radical (unpaired) electrons. The molecule has 0 saturated heterocycles. The Hall–Kier alpha value is -2.28. The summed E-state index contributed by atoms with van der Waals surface area (Å²) < 4.78 is 5.10. The molecule has 0 bridgehead atoms. The van der Waals surface area contributed by atoms with Crippen LogP contribution in [0.25, 0.3) is 0 Å². The third kappa shape index (κ3) is 4.64. The Labute approximate surface area is 126 Å². The third-order valence-corrected chi connectivity index (χ3v) is 2.81. The van der Waals surface area contributed by atoms with Crippen molar-refractivity contribution < 1.29 is 19.1 Å². The largest absolute Gasteiger partial charge is 0.448 e. The maximum atomic E-state index is 12.0. The maximum absolute atomic E-state index is 12.0. The zero-order valence-corrected chi connectivity index (χ0v) is 12.3. The molecule has 0 unspecified atom stereocenters. The van der Waals surface area contributed by atoms with E-state index in [0.717, 1.165) is 0 Å². The second kappa shape index (κ2) is 6.94. The summed E-state index contributed by atoms with van der Waals surface area (Å²) in [7, 11) is 0. The molecule has 7 nitrogen and oxygen atoms in total. The van der Waals surface area contributed by atoms with E-state index in [-0.39, 0.29) is 17.2 Å². The van der Waals surface area contributed by atoms with Crippen LogP contribution in [0.3, 0.4) is 0 Å². The number of imide groups is 1. The Morgan fingerprint density at radius 2 is 1.90 bits per heavy atom. The minimum Gasteiger partial charge on any atom is -0.448 e. The Morgan fingerprint density at radius 3 is 2.38 bits per heavy atom. The van der Waals surface area contributed by atoms with Crippen LogP contribution >= 0.6 is 11.6 Å². The molecule has 3 amide bonds. The van der Waals surface area contributed by atoms with Crippen LogP contribution in [0.1, 0.15) is 24.2 Å². The van der Waals surface area contributed by atoms with Crippen molar-refractivity contribution in [3.05, 3.63) is 28.8 Å². The second-order valence-electron chi connectivity index (χ2n) is 4.66. The van der Waals surface area contributed by atoms with Crippen LogP contribution in [0, 0.1) is 5.92 Å². The number of primary amides is 1. The molecular formula is C13H16ClN3O4. The average Bonchev–Trinajstić information content (AvgIpc) is 2.34. The first kappa shape index (κ1) is 16.8. The molecule has 0 spiro atoms. The summed E-state index contributed by atoms with van der Waals surface area (Å²) in [5.41, 5.74) is 10.7. The van der Waals surface area contributed by atoms with Gasteiger partial charge in [0.05, 0.1) is 5.56 Å². The fourth-order valence-corrected chi connectivity index (χ4v) is 1.76. The fourth-order valence-electron chi connectivity index (χ4n) is 1.58. The lowest BCUT2D eigenvalue weighted by atomic mass is 10.1. The normalized spacial score (nSPS) is 11.8. The number of carbonyl (C=O) groups excluding carboxylic acids is 3. The minimum absolute atomic E-state index is 0.0805. The Bertz CT molecular complexity index is 575. The van der Waals surface area contributed by atoms with Crippen LogP contribution in [0.5, 0.6) is 0 Å². The molecule has 0 aromatic heterocycles. The molecule has 1 atom stereocenters. The Kier molecular flexibility index (Phi) is 5.54. The Balaban J connectivity index is 2.91. The van der Waals surface area contributed by atoms with Crippen LogP contribution in [0.4, 0.5) is 10.5 Å². The lowest BCUT2D eigenvalue weighted by Gasteiger charge is -2.20. The van der Waals surface area contributed by atoms with Crippen molar-refractivity contribution in [2.45, 2.75) is 20.0 Å². The predicted molar refractivity (Wildman–Crippen MR) is 77.6 cm³/mol. The molecule has 0 saturated carbocycles. The topological polar surface area (TPSA) is 125 Å². The molecule has 0 fully saturated rings. The number of amides is 3. The molecule has 0 aliphatic rings. The number of nitrogens with two attached hydrogens (primary N) is 2. The standard InChI is InChI=1S/C13H16ClN3O4/c1-6(2)10(11(18)17-13(16)20)21-12(19)8-4-3-7(14)5-9(8)15/h3-6,10H,15H2,1-2H3,(H3,16,17,18,20)/t10-/m0/s1. The van der Waals surface area contributed by atoms with Gasteiger partial charge in [-0.3, -0.25) is 10.1 Å². The van der Waals surface area contributed by atoms with Gasteiger partial charge in [0.25, 0.3) is 5.91 Å². The number of hydrogen-bond acceptors (Lipinski definition) is 5. The second-order valence-corrected chi connectivity index (χ2v) is 5.09. The molecule has 0 aliphatic heterocycles. The van der Waals surface area contributed by atoms with E-state index in [1.54, 1.807) is 13.8 Å². The third-order valence-electron chi connectivity index (χ3n) is 2.58. The van der Waals surface area contributed by atoms with Gasteiger partial charge in [0, 0.05) is 10.7 Å². The van der Waals surface area contributed by atoms with E-state index in [2.05, 4.69) is 0 Å². The predicted octanol–water partition coefficient (Wildman–Crippen LogP) is 1.30. The number of rotatable bonds is 4. The number of carbonyl (C=O) groups is 3. The number of anilines is 1. The highest BCUT2D eigenvalue weighted by atomic mass is 35.5. The number of halogens is 1. The summed E-state index contributed by atoms with van der Waals surface area (Å²) in [6.45, 7) is 3.31. The van der Waals surface area contributed by atoms with Gasteiger partial charge in [-0.2, -0.15) is 0 Å². The van der Waals surface area contributed by atoms with Gasteiger partial charge in [0.2, 0.25) is 0 Å². The molecule has 0 heterocycles. The summed E-state index contributed by atoms with van der Waals surface area (Å²) in [6, 6.07) is 3.24. The van der Waals surface area contributed by atoms with Gasteiger partial charge in [-0.05, 0) is 24.1 Å². The molecule has 8 heteroatoms. The molecular weight excluding hydrogens is 298 g/mol. The van der Waals surface area contributed by atoms with Crippen molar-refractivity contribution >= 4 is 35.2 Å². The summed E-state index contributed by atoms with van der Waals surface area (Å²) in [5.74, 6) is -1.94. The van der Waals surface area contributed by atoms with Crippen LogP contribution in [0.2, 0.25) is 5.02 Å². The van der Waals surface area contributed by atoms with E-state index in [1.165, 1.54) is 18.2 Å². The smallest absolute Gasteiger partial charge is 0.341 e. The number of hydrogen-bond donors (Lipinski definition) is 3. The minimum atomic E-state index is -1.17. The van der Waals surface area contributed by atoms with Gasteiger partial charge in [0.1, 0.15) is 0 Å². The number of nitrogens with one attached hydrogen (secondary N) is 1. The van der Waals surface area contributed by atoms with Crippen molar-refractivity contribution in [2.24, 2.45) is 11.7 Å². The van der Waals surface area contributed by atoms with Crippen molar-refractivity contribution in [2.75, 3.05) is 5.73 Å². The van der Waals surface area contributed by atoms with Gasteiger partial charge < -0.3 is 16.2 Å². The first-order valence-corrected chi connectivity index (χ1v) is 6.46. The van der Waals surface area contributed by atoms with Gasteiger partial charge in [-0.15, -0.1) is 0 Å². The fraction of sp³-hybridized carbons (Fsp3) is 0.308. The van der Waals surface area contributed by atoms with Crippen molar-refractivity contribution in [3.63, 3.8) is 0 Å². The van der Waals surface area contributed by atoms with E-state index < -0.39 is 24.0 Å². The molecule has 1 aromatic rings. The first-order valence-electron chi connectivity index (χ1n) is 6.08. The van der Waals surface area contributed by atoms with Crippen LogP contribution < -0.4 is 16.8 Å². The number of benzene rings is 1. The van der Waals surface area contributed by atoms with Gasteiger partial charge in [0.15, 0.2) is 6.10 Å². The lowest BCUT2D eigenvalue weighted by molar-refractivity contribution is -0.130. The van der Waals surface area contributed by atoms with Gasteiger partial charge in [-0.25, -0.2) is 9.59 Å². The van der Waals surface area contributed by atoms with Crippen molar-refractivity contribution in [1.29, 1.82) is 0 Å². The average molecular weight is 314 g/mol. The molecule has 1 aromatic carbocycles. The van der Waals surface area contributed by atoms with Crippen molar-refractivity contribution in [3.8, 4) is 0 Å². The van der Waals surface area contributed by atoms with Crippen LogP contribution in [-0.4, -0.2) is 24.0 Å². The zero-order chi connectivity index (χ0) is 16.2. The van der Waals surface area contributed by atoms with Crippen LogP contribution in [0.15, 0.2) is 18.2 Å². The van der Waals surface area contributed by atoms with E-state index in [0.29, 0.717) is 5.02 Å². The number of esters is 1. The van der Waals surface area contributed by atoms with E-state index in [1.807, 2.05) is 5.32 Å². The highest BCUT2D eigenvalue weighted by molar-refractivity contribution is 6.31. The highest BCUT2D eigenvalue weighted by Crippen LogP contribution is 2.20. The number of urea groups is 1. The van der Waals surface area contributed by atoms with Crippen LogP contribution in [-0.2, 0) is 9.53 Å². The number of nitrogen functional groups attached to an aromatic ring is 1. The van der Waals surface area contributed by atoms with Gasteiger partial charge in [-0.1, -0.05) is 25.4 Å². The summed E-state index contributed by atoms with van der Waals surface area (Å²) in [6.07, 6.45) is -1.17. The van der Waals surface area contributed by atoms with Crippen molar-refractivity contribution in [1.82, 2.24) is 5.32 Å². The molecule has 0 aliphatic carbocycles. The van der Waals surface area contributed by atoms with E-state index in [4.69, 9.17) is 27.8 Å². The summed E-state index contributed by atoms with van der Waals surface area (Å²) in [5, 5.41) is 2.25. The lowest BCUT2D eigenvalue weighted by Crippen LogP contribution is -2.45. The maximum Gasteiger partial charge on any atom is 0.341 e.